The van der Waals surface area contributed by atoms with E-state index in [1.807, 2.05) is 36.4 Å². The van der Waals surface area contributed by atoms with Crippen LogP contribution in [0.1, 0.15) is 81.4 Å². The smallest absolute Gasteiger partial charge is 0.423 e. The number of nitrogens with zero attached hydrogens (tertiary/aromatic N) is 1. The minimum atomic E-state index is -1.64. The first-order chi connectivity index (χ1) is 17.0. The Labute approximate surface area is 208 Å². The van der Waals surface area contributed by atoms with Crippen LogP contribution in [0.25, 0.3) is 0 Å². The van der Waals surface area contributed by atoms with Crippen LogP contribution in [-0.2, 0) is 16.1 Å². The van der Waals surface area contributed by atoms with Crippen LogP contribution in [-0.4, -0.2) is 39.9 Å². The molecule has 4 rings (SSSR count). The van der Waals surface area contributed by atoms with Crippen molar-refractivity contribution in [2.75, 3.05) is 0 Å². The second-order valence-corrected chi connectivity index (χ2v) is 10.1. The molecular formula is C28H37BN2O4. The van der Waals surface area contributed by atoms with Gasteiger partial charge in [-0.1, -0.05) is 93.1 Å². The molecule has 6 nitrogen and oxygen atoms in total. The van der Waals surface area contributed by atoms with Crippen molar-refractivity contribution < 1.29 is 19.6 Å². The van der Waals surface area contributed by atoms with Gasteiger partial charge in [-0.3, -0.25) is 9.59 Å². The van der Waals surface area contributed by atoms with Gasteiger partial charge in [-0.15, -0.1) is 0 Å². The van der Waals surface area contributed by atoms with Crippen molar-refractivity contribution in [3.05, 3.63) is 65.7 Å². The maximum absolute atomic E-state index is 14.0. The van der Waals surface area contributed by atoms with Crippen LogP contribution in [0.4, 0.5) is 0 Å². The van der Waals surface area contributed by atoms with Crippen molar-refractivity contribution in [2.24, 2.45) is 5.92 Å². The van der Waals surface area contributed by atoms with E-state index in [0.29, 0.717) is 17.6 Å². The van der Waals surface area contributed by atoms with Gasteiger partial charge in [0.2, 0.25) is 11.8 Å². The summed E-state index contributed by atoms with van der Waals surface area (Å²) >= 11 is 0. The lowest BCUT2D eigenvalue weighted by molar-refractivity contribution is -0.146. The van der Waals surface area contributed by atoms with Gasteiger partial charge in [-0.05, 0) is 42.3 Å². The van der Waals surface area contributed by atoms with E-state index in [0.717, 1.165) is 63.4 Å². The largest absolute Gasteiger partial charge is 0.488 e. The Morgan fingerprint density at radius 2 is 1.54 bits per heavy atom. The highest BCUT2D eigenvalue weighted by atomic mass is 16.4. The second kappa shape index (κ2) is 12.4. The highest BCUT2D eigenvalue weighted by Gasteiger charge is 2.36. The zero-order valence-electron chi connectivity index (χ0n) is 20.4. The molecule has 2 amide bonds. The highest BCUT2D eigenvalue weighted by Crippen LogP contribution is 2.31. The number of benzene rings is 2. The van der Waals surface area contributed by atoms with E-state index in [2.05, 4.69) is 5.32 Å². The summed E-state index contributed by atoms with van der Waals surface area (Å²) in [5.74, 6) is -0.280. The maximum atomic E-state index is 14.0. The summed E-state index contributed by atoms with van der Waals surface area (Å²) in [6, 6.07) is 15.8. The lowest BCUT2D eigenvalue weighted by atomic mass is 9.78. The Morgan fingerprint density at radius 1 is 0.886 bits per heavy atom. The minimum Gasteiger partial charge on any atom is -0.423 e. The molecule has 0 bridgehead atoms. The second-order valence-electron chi connectivity index (χ2n) is 10.1. The Balaban J connectivity index is 1.72. The lowest BCUT2D eigenvalue weighted by Crippen LogP contribution is -2.48. The molecule has 1 atom stereocenters. The molecule has 0 heterocycles. The molecular weight excluding hydrogens is 439 g/mol. The summed E-state index contributed by atoms with van der Waals surface area (Å²) in [4.78, 5) is 29.6. The number of nitrogens with one attached hydrogen (secondary N) is 1. The summed E-state index contributed by atoms with van der Waals surface area (Å²) in [7, 11) is -1.64. The van der Waals surface area contributed by atoms with E-state index >= 15 is 0 Å². The average Bonchev–Trinajstić information content (AvgIpc) is 2.90. The molecule has 186 valence electrons. The third kappa shape index (κ3) is 6.74. The predicted molar refractivity (Wildman–Crippen MR) is 138 cm³/mol. The predicted octanol–water partition coefficient (Wildman–Crippen LogP) is 3.47. The molecule has 7 heteroatoms. The van der Waals surface area contributed by atoms with Gasteiger partial charge in [0, 0.05) is 18.5 Å². The fraction of sp³-hybridized carbons (Fsp3) is 0.500. The summed E-state index contributed by atoms with van der Waals surface area (Å²) in [5, 5.41) is 22.8. The van der Waals surface area contributed by atoms with Crippen LogP contribution in [0, 0.1) is 5.92 Å². The zero-order chi connectivity index (χ0) is 24.6. The number of carbonyl (C=O) groups excluding carboxylic acids is 2. The Morgan fingerprint density at radius 3 is 2.20 bits per heavy atom. The zero-order valence-corrected chi connectivity index (χ0v) is 20.4. The summed E-state index contributed by atoms with van der Waals surface area (Å²) in [5.41, 5.74) is 1.87. The average molecular weight is 476 g/mol. The first kappa shape index (κ1) is 25.5. The fourth-order valence-corrected chi connectivity index (χ4v) is 5.55. The third-order valence-electron chi connectivity index (χ3n) is 7.47. The monoisotopic (exact) mass is 476 g/mol. The van der Waals surface area contributed by atoms with Gasteiger partial charge in [-0.2, -0.15) is 0 Å². The van der Waals surface area contributed by atoms with Crippen molar-refractivity contribution in [2.45, 2.75) is 82.8 Å². The van der Waals surface area contributed by atoms with E-state index in [4.69, 9.17) is 0 Å². The standard InChI is InChI=1S/C28H37BN2O4/c32-27(30-25-17-8-3-9-18-25)26(23-15-10-16-24(19-23)29(34)35)31(20-21-11-4-1-5-12-21)28(33)22-13-6-2-7-14-22/h1,4-5,10-12,15-16,19,22,25-26,34-35H,2-3,6-9,13-14,17-18,20H2,(H,30,32). The molecule has 2 fully saturated rings. The number of carbonyl (C=O) groups is 2. The van der Waals surface area contributed by atoms with Gasteiger partial charge in [0.1, 0.15) is 6.04 Å². The number of rotatable bonds is 8. The highest BCUT2D eigenvalue weighted by molar-refractivity contribution is 6.58. The van der Waals surface area contributed by atoms with Crippen LogP contribution in [0.3, 0.4) is 0 Å². The normalized spacial score (nSPS) is 18.0. The van der Waals surface area contributed by atoms with E-state index < -0.39 is 13.2 Å². The number of amides is 2. The number of hydrogen-bond donors (Lipinski definition) is 3. The quantitative estimate of drug-likeness (QED) is 0.509. The van der Waals surface area contributed by atoms with Gasteiger partial charge in [0.25, 0.3) is 0 Å². The molecule has 0 aromatic heterocycles. The third-order valence-corrected chi connectivity index (χ3v) is 7.47. The van der Waals surface area contributed by atoms with E-state index in [-0.39, 0.29) is 23.8 Å². The molecule has 2 saturated carbocycles. The molecule has 0 aliphatic heterocycles. The molecule has 1 unspecified atom stereocenters. The molecule has 2 aliphatic carbocycles. The van der Waals surface area contributed by atoms with Gasteiger partial charge in [0.15, 0.2) is 0 Å². The van der Waals surface area contributed by atoms with E-state index in [1.165, 1.54) is 6.42 Å². The first-order valence-electron chi connectivity index (χ1n) is 13.1. The lowest BCUT2D eigenvalue weighted by Gasteiger charge is -2.36. The van der Waals surface area contributed by atoms with Crippen molar-refractivity contribution in [1.82, 2.24) is 10.2 Å². The van der Waals surface area contributed by atoms with Crippen molar-refractivity contribution in [3.8, 4) is 0 Å². The summed E-state index contributed by atoms with van der Waals surface area (Å²) < 4.78 is 0. The van der Waals surface area contributed by atoms with Crippen molar-refractivity contribution in [1.29, 1.82) is 0 Å². The molecule has 35 heavy (non-hydrogen) atoms. The molecule has 0 saturated heterocycles. The molecule has 2 aromatic rings. The summed E-state index contributed by atoms with van der Waals surface area (Å²) in [6.45, 7) is 0.324. The van der Waals surface area contributed by atoms with Crippen LogP contribution in [0.2, 0.25) is 0 Å². The van der Waals surface area contributed by atoms with Crippen molar-refractivity contribution >= 4 is 24.4 Å². The Hall–Kier alpha value is -2.64. The van der Waals surface area contributed by atoms with Crippen LogP contribution >= 0.6 is 0 Å². The summed E-state index contributed by atoms with van der Waals surface area (Å²) in [6.07, 6.45) is 10.2. The maximum Gasteiger partial charge on any atom is 0.488 e. The first-order valence-corrected chi connectivity index (χ1v) is 13.1. The van der Waals surface area contributed by atoms with Gasteiger partial charge in [-0.25, -0.2) is 0 Å². The van der Waals surface area contributed by atoms with Gasteiger partial charge >= 0.3 is 7.12 Å². The SMILES string of the molecule is O=C(NC1CCCCC1)C(c1cccc(B(O)O)c1)N(Cc1ccccc1)C(=O)C1CCCCC1. The Bertz CT molecular complexity index is 972. The van der Waals surface area contributed by atoms with Gasteiger partial charge < -0.3 is 20.3 Å². The van der Waals surface area contributed by atoms with E-state index in [1.54, 1.807) is 23.1 Å². The number of hydrogen-bond acceptors (Lipinski definition) is 4. The molecule has 3 N–H and O–H groups in total. The molecule has 0 spiro atoms. The topological polar surface area (TPSA) is 89.9 Å². The minimum absolute atomic E-state index is 0.00676. The molecule has 2 aromatic carbocycles. The van der Waals surface area contributed by atoms with Crippen LogP contribution in [0.15, 0.2) is 54.6 Å². The Kier molecular flexibility index (Phi) is 8.99. The van der Waals surface area contributed by atoms with E-state index in [9.17, 15) is 19.6 Å². The van der Waals surface area contributed by atoms with Crippen LogP contribution < -0.4 is 10.8 Å². The van der Waals surface area contributed by atoms with Crippen LogP contribution in [0.5, 0.6) is 0 Å². The fourth-order valence-electron chi connectivity index (χ4n) is 5.55. The van der Waals surface area contributed by atoms with Crippen molar-refractivity contribution in [3.63, 3.8) is 0 Å². The molecule has 2 aliphatic rings. The van der Waals surface area contributed by atoms with Gasteiger partial charge in [0.05, 0.1) is 0 Å². The molecule has 0 radical (unpaired) electrons.